The third-order valence-electron chi connectivity index (χ3n) is 3.92. The smallest absolute Gasteiger partial charge is 0.356 e. The molecule has 3 unspecified atom stereocenters. The van der Waals surface area contributed by atoms with Crippen molar-refractivity contribution in [1.82, 2.24) is 0 Å². The number of ether oxygens (including phenoxy) is 2. The number of hydrogen-bond donors (Lipinski definition) is 0. The molecular weight excluding hydrogens is 281 g/mol. The van der Waals surface area contributed by atoms with Crippen molar-refractivity contribution in [1.29, 1.82) is 0 Å². The largest absolute Gasteiger partial charge is 0.421 e. The van der Waals surface area contributed by atoms with E-state index in [0.29, 0.717) is 5.92 Å². The van der Waals surface area contributed by atoms with Crippen LogP contribution in [0.25, 0.3) is 0 Å². The first-order valence-corrected chi connectivity index (χ1v) is 7.03. The van der Waals surface area contributed by atoms with E-state index >= 15 is 0 Å². The topological polar surface area (TPSA) is 18.5 Å². The van der Waals surface area contributed by atoms with Gasteiger partial charge >= 0.3 is 6.18 Å². The van der Waals surface area contributed by atoms with E-state index in [4.69, 9.17) is 9.47 Å². The summed E-state index contributed by atoms with van der Waals surface area (Å²) in [7, 11) is 1.31. The van der Waals surface area contributed by atoms with Crippen molar-refractivity contribution in [2.75, 3.05) is 7.11 Å². The van der Waals surface area contributed by atoms with Crippen molar-refractivity contribution in [3.63, 3.8) is 0 Å². The Labute approximate surface area is 124 Å². The van der Waals surface area contributed by atoms with Crippen LogP contribution in [-0.4, -0.2) is 19.6 Å². The number of rotatable bonds is 6. The molecule has 1 aromatic carbocycles. The van der Waals surface area contributed by atoms with Gasteiger partial charge in [-0.25, -0.2) is 0 Å². The summed E-state index contributed by atoms with van der Waals surface area (Å²) in [6.07, 6.45) is -4.55. The Morgan fingerprint density at radius 1 is 1.10 bits per heavy atom. The van der Waals surface area contributed by atoms with Crippen LogP contribution in [-0.2, 0) is 15.1 Å². The Morgan fingerprint density at radius 3 is 2.00 bits per heavy atom. The second-order valence-electron chi connectivity index (χ2n) is 5.38. The molecule has 0 fully saturated rings. The lowest BCUT2D eigenvalue weighted by Gasteiger charge is -2.34. The van der Waals surface area contributed by atoms with Crippen molar-refractivity contribution in [3.8, 4) is 0 Å². The normalized spacial score (nSPS) is 18.1. The lowest BCUT2D eigenvalue weighted by molar-refractivity contribution is -0.317. The summed E-state index contributed by atoms with van der Waals surface area (Å²) >= 11 is 0. The molecular formula is C16H23F3O2. The standard InChI is InChI=1S/C16H23F3O2/c1-6-11(2)13-7-9-14(10-8-13)15(4,16(17,18)19)21-12(3)20-5/h7-12H,6H2,1-5H3. The van der Waals surface area contributed by atoms with Gasteiger partial charge in [0.25, 0.3) is 0 Å². The van der Waals surface area contributed by atoms with E-state index in [1.807, 2.05) is 13.8 Å². The van der Waals surface area contributed by atoms with Crippen molar-refractivity contribution in [3.05, 3.63) is 35.4 Å². The molecule has 0 aromatic heterocycles. The summed E-state index contributed by atoms with van der Waals surface area (Å²) in [5, 5.41) is 0. The summed E-state index contributed by atoms with van der Waals surface area (Å²) in [6.45, 7) is 6.56. The summed E-state index contributed by atoms with van der Waals surface area (Å²) in [5.74, 6) is 0.315. The Balaban J connectivity index is 3.15. The molecule has 0 aliphatic carbocycles. The van der Waals surface area contributed by atoms with Gasteiger partial charge in [-0.05, 0) is 37.3 Å². The molecule has 0 aliphatic heterocycles. The molecule has 21 heavy (non-hydrogen) atoms. The van der Waals surface area contributed by atoms with Crippen molar-refractivity contribution < 1.29 is 22.6 Å². The summed E-state index contributed by atoms with van der Waals surface area (Å²) in [6, 6.07) is 6.43. The summed E-state index contributed by atoms with van der Waals surface area (Å²) in [5.41, 5.74) is -1.30. The average Bonchev–Trinajstić information content (AvgIpc) is 2.45. The molecule has 5 heteroatoms. The molecule has 0 heterocycles. The fourth-order valence-corrected chi connectivity index (χ4v) is 2.04. The molecule has 1 rings (SSSR count). The average molecular weight is 304 g/mol. The number of methoxy groups -OCH3 is 1. The third-order valence-corrected chi connectivity index (χ3v) is 3.92. The molecule has 0 N–H and O–H groups in total. The van der Waals surface area contributed by atoms with Crippen molar-refractivity contribution >= 4 is 0 Å². The van der Waals surface area contributed by atoms with Crippen LogP contribution in [0.5, 0.6) is 0 Å². The second-order valence-corrected chi connectivity index (χ2v) is 5.38. The lowest BCUT2D eigenvalue weighted by Crippen LogP contribution is -2.44. The fraction of sp³-hybridized carbons (Fsp3) is 0.625. The maximum Gasteiger partial charge on any atom is 0.421 e. The first-order chi connectivity index (χ1) is 9.65. The van der Waals surface area contributed by atoms with Crippen LogP contribution in [0, 0.1) is 0 Å². The van der Waals surface area contributed by atoms with E-state index in [2.05, 4.69) is 0 Å². The minimum atomic E-state index is -4.53. The van der Waals surface area contributed by atoms with Crippen LogP contribution < -0.4 is 0 Å². The Hall–Kier alpha value is -1.07. The molecule has 0 saturated carbocycles. The van der Waals surface area contributed by atoms with Gasteiger partial charge in [0.2, 0.25) is 0 Å². The van der Waals surface area contributed by atoms with Gasteiger partial charge in [-0.3, -0.25) is 0 Å². The van der Waals surface area contributed by atoms with E-state index in [0.717, 1.165) is 18.9 Å². The van der Waals surface area contributed by atoms with Gasteiger partial charge in [0.05, 0.1) is 0 Å². The van der Waals surface area contributed by atoms with Crippen molar-refractivity contribution in [2.24, 2.45) is 0 Å². The molecule has 0 spiro atoms. The highest BCUT2D eigenvalue weighted by atomic mass is 19.4. The maximum atomic E-state index is 13.4. The lowest BCUT2D eigenvalue weighted by atomic mass is 9.91. The van der Waals surface area contributed by atoms with Gasteiger partial charge in [-0.1, -0.05) is 38.1 Å². The molecule has 0 saturated heterocycles. The van der Waals surface area contributed by atoms with Gasteiger partial charge in [-0.2, -0.15) is 13.2 Å². The first kappa shape index (κ1) is 18.0. The quantitative estimate of drug-likeness (QED) is 0.690. The zero-order valence-electron chi connectivity index (χ0n) is 13.1. The van der Waals surface area contributed by atoms with Crippen LogP contribution in [0.2, 0.25) is 0 Å². The molecule has 0 aliphatic rings. The van der Waals surface area contributed by atoms with E-state index in [-0.39, 0.29) is 5.56 Å². The monoisotopic (exact) mass is 304 g/mol. The van der Waals surface area contributed by atoms with Crippen LogP contribution >= 0.6 is 0 Å². The predicted molar refractivity (Wildman–Crippen MR) is 76.1 cm³/mol. The van der Waals surface area contributed by atoms with Crippen LogP contribution in [0.1, 0.15) is 51.2 Å². The van der Waals surface area contributed by atoms with Gasteiger partial charge < -0.3 is 9.47 Å². The number of alkyl halides is 3. The SMILES string of the molecule is CCC(C)c1ccc(C(C)(OC(C)OC)C(F)(F)F)cc1. The maximum absolute atomic E-state index is 13.4. The highest BCUT2D eigenvalue weighted by Gasteiger charge is 2.54. The highest BCUT2D eigenvalue weighted by Crippen LogP contribution is 2.43. The zero-order valence-corrected chi connectivity index (χ0v) is 13.1. The molecule has 2 nitrogen and oxygen atoms in total. The summed E-state index contributed by atoms with van der Waals surface area (Å²) < 4.78 is 50.2. The van der Waals surface area contributed by atoms with Gasteiger partial charge in [0.15, 0.2) is 11.9 Å². The van der Waals surface area contributed by atoms with E-state index in [1.54, 1.807) is 12.1 Å². The van der Waals surface area contributed by atoms with E-state index < -0.39 is 18.1 Å². The van der Waals surface area contributed by atoms with Crippen LogP contribution in [0.4, 0.5) is 13.2 Å². The minimum Gasteiger partial charge on any atom is -0.356 e. The van der Waals surface area contributed by atoms with Crippen molar-refractivity contribution in [2.45, 2.75) is 58.1 Å². The fourth-order valence-electron chi connectivity index (χ4n) is 2.04. The molecule has 0 bridgehead atoms. The first-order valence-electron chi connectivity index (χ1n) is 7.03. The third kappa shape index (κ3) is 3.98. The Morgan fingerprint density at radius 2 is 1.62 bits per heavy atom. The van der Waals surface area contributed by atoms with Gasteiger partial charge in [0, 0.05) is 7.11 Å². The van der Waals surface area contributed by atoms with Crippen LogP contribution in [0.15, 0.2) is 24.3 Å². The van der Waals surface area contributed by atoms with Gasteiger partial charge in [0.1, 0.15) is 0 Å². The number of halogens is 3. The molecule has 3 atom stereocenters. The number of hydrogen-bond acceptors (Lipinski definition) is 2. The van der Waals surface area contributed by atoms with Crippen LogP contribution in [0.3, 0.4) is 0 Å². The van der Waals surface area contributed by atoms with Gasteiger partial charge in [-0.15, -0.1) is 0 Å². The van der Waals surface area contributed by atoms with E-state index in [1.165, 1.54) is 26.2 Å². The number of benzene rings is 1. The Bertz CT molecular complexity index is 442. The zero-order chi connectivity index (χ0) is 16.3. The highest BCUT2D eigenvalue weighted by molar-refractivity contribution is 5.30. The molecule has 1 aromatic rings. The molecule has 0 radical (unpaired) electrons. The molecule has 0 amide bonds. The molecule has 120 valence electrons. The minimum absolute atomic E-state index is 0.0750. The summed E-state index contributed by atoms with van der Waals surface area (Å²) in [4.78, 5) is 0. The second kappa shape index (κ2) is 6.79. The predicted octanol–water partition coefficient (Wildman–Crippen LogP) is 4.99. The van der Waals surface area contributed by atoms with E-state index in [9.17, 15) is 13.2 Å². The Kier molecular flexibility index (Phi) is 5.82.